The second kappa shape index (κ2) is 10.4. The fourth-order valence-corrected chi connectivity index (χ4v) is 2.40. The van der Waals surface area contributed by atoms with Crippen LogP contribution in [0.2, 0.25) is 0 Å². The van der Waals surface area contributed by atoms with Gasteiger partial charge in [0.15, 0.2) is 0 Å². The van der Waals surface area contributed by atoms with Crippen LogP contribution in [0.4, 0.5) is 4.79 Å². The highest BCUT2D eigenvalue weighted by molar-refractivity contribution is 5.91. The molecule has 0 aliphatic rings. The van der Waals surface area contributed by atoms with E-state index in [1.54, 1.807) is 13.8 Å². The number of benzene rings is 1. The Kier molecular flexibility index (Phi) is 8.61. The van der Waals surface area contributed by atoms with Crippen LogP contribution in [0, 0.1) is 11.8 Å². The fourth-order valence-electron chi connectivity index (χ4n) is 2.40. The molecule has 0 bridgehead atoms. The summed E-state index contributed by atoms with van der Waals surface area (Å²) in [5.41, 5.74) is 6.23. The summed E-state index contributed by atoms with van der Waals surface area (Å²) >= 11 is 0. The molecule has 0 spiro atoms. The maximum Gasteiger partial charge on any atom is 0.408 e. The van der Waals surface area contributed by atoms with Crippen LogP contribution in [0.15, 0.2) is 30.3 Å². The molecule has 0 saturated heterocycles. The van der Waals surface area contributed by atoms with Crippen LogP contribution >= 0.6 is 0 Å². The molecule has 0 fully saturated rings. The maximum absolute atomic E-state index is 12.5. The van der Waals surface area contributed by atoms with E-state index in [1.807, 2.05) is 44.2 Å². The molecule has 26 heavy (non-hydrogen) atoms. The Morgan fingerprint density at radius 1 is 1.04 bits per heavy atom. The minimum Gasteiger partial charge on any atom is -0.445 e. The average Bonchev–Trinajstić information content (AvgIpc) is 2.61. The zero-order valence-electron chi connectivity index (χ0n) is 15.8. The van der Waals surface area contributed by atoms with Crippen LogP contribution in [-0.4, -0.2) is 30.0 Å². The summed E-state index contributed by atoms with van der Waals surface area (Å²) in [5, 5.41) is 5.21. The van der Waals surface area contributed by atoms with Crippen molar-refractivity contribution >= 4 is 17.9 Å². The molecule has 7 heteroatoms. The lowest BCUT2D eigenvalue weighted by Crippen LogP contribution is -2.56. The largest absolute Gasteiger partial charge is 0.445 e. The second-order valence-corrected chi connectivity index (χ2v) is 6.70. The van der Waals surface area contributed by atoms with Crippen molar-refractivity contribution in [2.75, 3.05) is 0 Å². The van der Waals surface area contributed by atoms with Gasteiger partial charge in [-0.25, -0.2) is 4.79 Å². The Bertz CT molecular complexity index is 604. The Balaban J connectivity index is 2.67. The Labute approximate surface area is 154 Å². The first kappa shape index (κ1) is 21.5. The van der Waals surface area contributed by atoms with Crippen molar-refractivity contribution in [3.8, 4) is 0 Å². The molecule has 144 valence electrons. The van der Waals surface area contributed by atoms with Gasteiger partial charge in [-0.05, 0) is 17.4 Å². The molecule has 3 atom stereocenters. The van der Waals surface area contributed by atoms with Gasteiger partial charge in [0.1, 0.15) is 18.7 Å². The molecule has 1 aromatic rings. The van der Waals surface area contributed by atoms with Crippen molar-refractivity contribution < 1.29 is 19.1 Å². The van der Waals surface area contributed by atoms with E-state index in [0.29, 0.717) is 6.42 Å². The van der Waals surface area contributed by atoms with Crippen LogP contribution in [0.1, 0.15) is 39.7 Å². The van der Waals surface area contributed by atoms with E-state index in [9.17, 15) is 14.4 Å². The number of primary amides is 1. The number of hydrogen-bond donors (Lipinski definition) is 3. The lowest BCUT2D eigenvalue weighted by molar-refractivity contribution is -0.130. The molecule has 0 radical (unpaired) electrons. The number of nitrogens with two attached hydrogens (primary N) is 1. The summed E-state index contributed by atoms with van der Waals surface area (Å²) in [6.07, 6.45) is -0.00544. The van der Waals surface area contributed by atoms with Crippen molar-refractivity contribution in [1.82, 2.24) is 10.6 Å². The van der Waals surface area contributed by atoms with Gasteiger partial charge in [0, 0.05) is 0 Å². The zero-order chi connectivity index (χ0) is 19.7. The smallest absolute Gasteiger partial charge is 0.408 e. The third-order valence-electron chi connectivity index (χ3n) is 4.25. The van der Waals surface area contributed by atoms with E-state index in [4.69, 9.17) is 10.5 Å². The molecular formula is C19H29N3O4. The third kappa shape index (κ3) is 6.74. The van der Waals surface area contributed by atoms with Gasteiger partial charge in [-0.2, -0.15) is 0 Å². The van der Waals surface area contributed by atoms with E-state index in [1.165, 1.54) is 0 Å². The first-order valence-corrected chi connectivity index (χ1v) is 8.83. The summed E-state index contributed by atoms with van der Waals surface area (Å²) in [5.74, 6) is -1.35. The molecular weight excluding hydrogens is 334 g/mol. The number of rotatable bonds is 9. The normalized spacial score (nSPS) is 14.2. The van der Waals surface area contributed by atoms with E-state index in [0.717, 1.165) is 5.56 Å². The molecule has 7 nitrogen and oxygen atoms in total. The van der Waals surface area contributed by atoms with Crippen LogP contribution < -0.4 is 16.4 Å². The van der Waals surface area contributed by atoms with Crippen molar-refractivity contribution in [2.45, 2.75) is 52.8 Å². The molecule has 4 N–H and O–H groups in total. The van der Waals surface area contributed by atoms with Crippen molar-refractivity contribution in [3.63, 3.8) is 0 Å². The van der Waals surface area contributed by atoms with Crippen molar-refractivity contribution in [1.29, 1.82) is 0 Å². The van der Waals surface area contributed by atoms with Crippen molar-refractivity contribution in [3.05, 3.63) is 35.9 Å². The van der Waals surface area contributed by atoms with Gasteiger partial charge in [-0.3, -0.25) is 9.59 Å². The Hall–Kier alpha value is -2.57. The number of carbonyl (C=O) groups is 3. The molecule has 0 heterocycles. The summed E-state index contributed by atoms with van der Waals surface area (Å²) in [4.78, 5) is 36.2. The predicted octanol–water partition coefficient (Wildman–Crippen LogP) is 1.95. The highest BCUT2D eigenvalue weighted by atomic mass is 16.5. The van der Waals surface area contributed by atoms with Crippen LogP contribution in [0.5, 0.6) is 0 Å². The van der Waals surface area contributed by atoms with Gasteiger partial charge in [0.2, 0.25) is 11.8 Å². The number of ether oxygens (including phenoxy) is 1. The average molecular weight is 363 g/mol. The topological polar surface area (TPSA) is 111 Å². The molecule has 1 aromatic carbocycles. The van der Waals surface area contributed by atoms with Gasteiger partial charge in [0.05, 0.1) is 0 Å². The van der Waals surface area contributed by atoms with E-state index >= 15 is 0 Å². The van der Waals surface area contributed by atoms with Gasteiger partial charge < -0.3 is 21.1 Å². The summed E-state index contributed by atoms with van der Waals surface area (Å²) in [6, 6.07) is 7.63. The molecule has 0 aromatic heterocycles. The van der Waals surface area contributed by atoms with E-state index in [2.05, 4.69) is 10.6 Å². The lowest BCUT2D eigenvalue weighted by atomic mass is 9.97. The highest BCUT2D eigenvalue weighted by Gasteiger charge is 2.30. The highest BCUT2D eigenvalue weighted by Crippen LogP contribution is 2.10. The number of alkyl carbamates (subject to hydrolysis) is 1. The minimum atomic E-state index is -0.829. The minimum absolute atomic E-state index is 0.103. The van der Waals surface area contributed by atoms with E-state index in [-0.39, 0.29) is 18.4 Å². The number of amides is 3. The summed E-state index contributed by atoms with van der Waals surface area (Å²) in [6.45, 7) is 7.44. The number of carbonyl (C=O) groups excluding carboxylic acids is 3. The molecule has 0 aliphatic heterocycles. The molecule has 0 unspecified atom stereocenters. The SMILES string of the molecule is CC[C@@H](C)[C@@H](NC(=O)[C@H](NC(=O)OCc1ccccc1)C(C)C)C(N)=O. The van der Waals surface area contributed by atoms with Gasteiger partial charge >= 0.3 is 6.09 Å². The van der Waals surface area contributed by atoms with Crippen LogP contribution in [-0.2, 0) is 20.9 Å². The first-order chi connectivity index (χ1) is 12.3. The van der Waals surface area contributed by atoms with Crippen molar-refractivity contribution in [2.24, 2.45) is 17.6 Å². The van der Waals surface area contributed by atoms with Gasteiger partial charge in [-0.1, -0.05) is 64.4 Å². The quantitative estimate of drug-likeness (QED) is 0.623. The Morgan fingerprint density at radius 2 is 1.65 bits per heavy atom. The Morgan fingerprint density at radius 3 is 2.15 bits per heavy atom. The molecule has 3 amide bonds. The monoisotopic (exact) mass is 363 g/mol. The molecule has 0 saturated carbocycles. The second-order valence-electron chi connectivity index (χ2n) is 6.70. The first-order valence-electron chi connectivity index (χ1n) is 8.83. The summed E-state index contributed by atoms with van der Waals surface area (Å²) in [7, 11) is 0. The fraction of sp³-hybridized carbons (Fsp3) is 0.526. The lowest BCUT2D eigenvalue weighted by Gasteiger charge is -2.26. The van der Waals surface area contributed by atoms with Gasteiger partial charge in [-0.15, -0.1) is 0 Å². The zero-order valence-corrected chi connectivity index (χ0v) is 15.8. The standard InChI is InChI=1S/C19H29N3O4/c1-5-13(4)16(17(20)23)21-18(24)15(12(2)3)22-19(25)26-11-14-9-7-6-8-10-14/h6-10,12-13,15-16H,5,11H2,1-4H3,(H2,20,23)(H,21,24)(H,22,25)/t13-,15-,16-/m1/s1. The van der Waals surface area contributed by atoms with Crippen LogP contribution in [0.3, 0.4) is 0 Å². The van der Waals surface area contributed by atoms with Gasteiger partial charge in [0.25, 0.3) is 0 Å². The van der Waals surface area contributed by atoms with E-state index < -0.39 is 30.0 Å². The van der Waals surface area contributed by atoms with Crippen LogP contribution in [0.25, 0.3) is 0 Å². The third-order valence-corrected chi connectivity index (χ3v) is 4.25. The summed E-state index contributed by atoms with van der Waals surface area (Å²) < 4.78 is 5.16. The molecule has 1 rings (SSSR count). The maximum atomic E-state index is 12.5. The molecule has 0 aliphatic carbocycles. The number of nitrogens with one attached hydrogen (secondary N) is 2. The number of hydrogen-bond acceptors (Lipinski definition) is 4. The predicted molar refractivity (Wildman–Crippen MR) is 99.0 cm³/mol.